The number of fused-ring (bicyclic) bond motifs is 1. The molecule has 1 aromatic rings. The highest BCUT2D eigenvalue weighted by Crippen LogP contribution is 2.32. The molecule has 1 aromatic heterocycles. The van der Waals surface area contributed by atoms with E-state index in [0.29, 0.717) is 0 Å². The van der Waals surface area contributed by atoms with E-state index in [2.05, 4.69) is 43.7 Å². The van der Waals surface area contributed by atoms with Crippen molar-refractivity contribution in [3.8, 4) is 0 Å². The molecule has 1 saturated heterocycles. The Morgan fingerprint density at radius 2 is 1.82 bits per heavy atom. The fourth-order valence-electron chi connectivity index (χ4n) is 4.37. The van der Waals surface area contributed by atoms with Crippen molar-refractivity contribution in [1.29, 1.82) is 0 Å². The number of nitrogens with one attached hydrogen (secondary N) is 2. The van der Waals surface area contributed by atoms with Gasteiger partial charge in [-0.05, 0) is 71.8 Å². The average molecular weight is 321 g/mol. The van der Waals surface area contributed by atoms with E-state index in [1.165, 1.54) is 23.3 Å². The third kappa shape index (κ3) is 3.38. The van der Waals surface area contributed by atoms with Crippen molar-refractivity contribution < 1.29 is 4.79 Å². The van der Waals surface area contributed by atoms with Gasteiger partial charge in [-0.1, -0.05) is 0 Å². The van der Waals surface area contributed by atoms with Crippen LogP contribution in [0, 0.1) is 0 Å². The first-order valence-corrected chi connectivity index (χ1v) is 9.33. The van der Waals surface area contributed by atoms with Gasteiger partial charge in [0, 0.05) is 27.4 Å². The van der Waals surface area contributed by atoms with E-state index >= 15 is 0 Å². The number of aryl methyl sites for hydroxylation is 1. The van der Waals surface area contributed by atoms with Crippen LogP contribution in [-0.2, 0) is 12.8 Å². The minimum atomic E-state index is 0.0633. The lowest BCUT2D eigenvalue weighted by Crippen LogP contribution is -2.62. The molecular weight excluding hydrogens is 292 g/mol. The lowest BCUT2D eigenvalue weighted by molar-refractivity contribution is 0.0872. The summed E-state index contributed by atoms with van der Waals surface area (Å²) in [4.78, 5) is 14.2. The van der Waals surface area contributed by atoms with E-state index < -0.39 is 0 Å². The quantitative estimate of drug-likeness (QED) is 0.873. The molecule has 1 aliphatic carbocycles. The maximum atomic E-state index is 12.7. The van der Waals surface area contributed by atoms with Crippen LogP contribution in [0.1, 0.15) is 74.2 Å². The lowest BCUT2D eigenvalue weighted by atomic mass is 9.79. The van der Waals surface area contributed by atoms with E-state index in [1.807, 2.05) is 0 Å². The zero-order valence-electron chi connectivity index (χ0n) is 14.2. The highest BCUT2D eigenvalue weighted by atomic mass is 32.1. The fourth-order valence-corrected chi connectivity index (χ4v) is 5.50. The molecule has 3 rings (SSSR count). The van der Waals surface area contributed by atoms with Gasteiger partial charge in [-0.15, -0.1) is 11.3 Å². The smallest absolute Gasteiger partial charge is 0.252 e. The highest BCUT2D eigenvalue weighted by Gasteiger charge is 2.38. The van der Waals surface area contributed by atoms with Crippen molar-refractivity contribution in [2.75, 3.05) is 0 Å². The molecule has 0 aromatic carbocycles. The van der Waals surface area contributed by atoms with Crippen molar-refractivity contribution in [2.24, 2.45) is 0 Å². The van der Waals surface area contributed by atoms with Crippen molar-refractivity contribution in [1.82, 2.24) is 10.6 Å². The van der Waals surface area contributed by atoms with Crippen LogP contribution < -0.4 is 10.6 Å². The molecule has 0 unspecified atom stereocenters. The van der Waals surface area contributed by atoms with Crippen LogP contribution in [0.2, 0.25) is 0 Å². The van der Waals surface area contributed by atoms with Gasteiger partial charge in [-0.2, -0.15) is 0 Å². The number of amides is 1. The molecule has 0 atom stereocenters. The number of thiophene rings is 1. The topological polar surface area (TPSA) is 41.1 Å². The van der Waals surface area contributed by atoms with E-state index in [1.54, 1.807) is 11.3 Å². The van der Waals surface area contributed by atoms with Gasteiger partial charge in [0.1, 0.15) is 0 Å². The Hall–Kier alpha value is -0.870. The number of carbonyl (C=O) groups is 1. The predicted octanol–water partition coefficient (Wildman–Crippen LogP) is 3.67. The monoisotopic (exact) mass is 320 g/mol. The summed E-state index contributed by atoms with van der Waals surface area (Å²) in [5.41, 5.74) is 2.39. The molecule has 1 fully saturated rings. The molecular formula is C18H28N2OS. The number of piperidine rings is 1. The molecule has 1 aliphatic heterocycles. The summed E-state index contributed by atoms with van der Waals surface area (Å²) in [6, 6.07) is 0.248. The number of hydrogen-bond acceptors (Lipinski definition) is 3. The van der Waals surface area contributed by atoms with Crippen molar-refractivity contribution in [2.45, 2.75) is 83.3 Å². The van der Waals surface area contributed by atoms with Crippen molar-refractivity contribution >= 4 is 17.2 Å². The molecule has 2 N–H and O–H groups in total. The molecule has 2 heterocycles. The van der Waals surface area contributed by atoms with Gasteiger partial charge in [0.05, 0.1) is 5.56 Å². The third-order valence-electron chi connectivity index (χ3n) is 4.83. The van der Waals surface area contributed by atoms with E-state index in [9.17, 15) is 4.79 Å². The van der Waals surface area contributed by atoms with E-state index in [0.717, 1.165) is 31.2 Å². The SMILES string of the molecule is CC1(C)CC(NC(=O)c2csc3c2CCCC3)CC(C)(C)N1. The van der Waals surface area contributed by atoms with Crippen LogP contribution in [0.4, 0.5) is 0 Å². The average Bonchev–Trinajstić information content (AvgIpc) is 2.78. The summed E-state index contributed by atoms with van der Waals surface area (Å²) in [7, 11) is 0. The fraction of sp³-hybridized carbons (Fsp3) is 0.722. The molecule has 0 spiro atoms. The Bertz CT molecular complexity index is 558. The Labute approximate surface area is 137 Å². The second kappa shape index (κ2) is 5.64. The van der Waals surface area contributed by atoms with Gasteiger partial charge in [0.15, 0.2) is 0 Å². The van der Waals surface area contributed by atoms with Gasteiger partial charge >= 0.3 is 0 Å². The Morgan fingerprint density at radius 3 is 2.50 bits per heavy atom. The van der Waals surface area contributed by atoms with Crippen LogP contribution in [0.5, 0.6) is 0 Å². The minimum Gasteiger partial charge on any atom is -0.349 e. The first-order valence-electron chi connectivity index (χ1n) is 8.45. The van der Waals surface area contributed by atoms with Crippen molar-refractivity contribution in [3.05, 3.63) is 21.4 Å². The zero-order valence-corrected chi connectivity index (χ0v) is 15.0. The maximum absolute atomic E-state index is 12.7. The van der Waals surface area contributed by atoms with Gasteiger partial charge in [0.2, 0.25) is 0 Å². The van der Waals surface area contributed by atoms with Gasteiger partial charge in [-0.25, -0.2) is 0 Å². The van der Waals surface area contributed by atoms with E-state index in [4.69, 9.17) is 0 Å². The molecule has 0 saturated carbocycles. The van der Waals surface area contributed by atoms with Crippen LogP contribution >= 0.6 is 11.3 Å². The maximum Gasteiger partial charge on any atom is 0.252 e. The third-order valence-corrected chi connectivity index (χ3v) is 5.92. The summed E-state index contributed by atoms with van der Waals surface area (Å²) >= 11 is 1.77. The van der Waals surface area contributed by atoms with Crippen LogP contribution in [0.15, 0.2) is 5.38 Å². The second-order valence-corrected chi connectivity index (χ2v) is 9.19. The Kier molecular flexibility index (Phi) is 4.11. The molecule has 2 aliphatic rings. The molecule has 1 amide bonds. The molecule has 3 nitrogen and oxygen atoms in total. The van der Waals surface area contributed by atoms with Gasteiger partial charge in [-0.3, -0.25) is 4.79 Å². The molecule has 22 heavy (non-hydrogen) atoms. The Morgan fingerprint density at radius 1 is 1.18 bits per heavy atom. The summed E-state index contributed by atoms with van der Waals surface area (Å²) < 4.78 is 0. The minimum absolute atomic E-state index is 0.0633. The van der Waals surface area contributed by atoms with Gasteiger partial charge < -0.3 is 10.6 Å². The highest BCUT2D eigenvalue weighted by molar-refractivity contribution is 7.10. The number of carbonyl (C=O) groups excluding carboxylic acids is 1. The van der Waals surface area contributed by atoms with E-state index in [-0.39, 0.29) is 23.0 Å². The predicted molar refractivity (Wildman–Crippen MR) is 92.7 cm³/mol. The standard InChI is InChI=1S/C18H28N2OS/c1-17(2)9-12(10-18(3,4)20-17)19-16(21)14-11-22-15-8-6-5-7-13(14)15/h11-12,20H,5-10H2,1-4H3,(H,19,21). The van der Waals surface area contributed by atoms with Crippen LogP contribution in [0.25, 0.3) is 0 Å². The van der Waals surface area contributed by atoms with Crippen LogP contribution in [-0.4, -0.2) is 23.0 Å². The first kappa shape index (κ1) is 16.0. The second-order valence-electron chi connectivity index (χ2n) is 8.23. The molecule has 0 bridgehead atoms. The first-order chi connectivity index (χ1) is 10.3. The molecule has 122 valence electrons. The largest absolute Gasteiger partial charge is 0.349 e. The van der Waals surface area contributed by atoms with Gasteiger partial charge in [0.25, 0.3) is 5.91 Å². The molecule has 0 radical (unpaired) electrons. The normalized spacial score (nSPS) is 23.8. The Balaban J connectivity index is 1.73. The van der Waals surface area contributed by atoms with Crippen LogP contribution in [0.3, 0.4) is 0 Å². The summed E-state index contributed by atoms with van der Waals surface area (Å²) in [5.74, 6) is 0.137. The lowest BCUT2D eigenvalue weighted by Gasteiger charge is -2.46. The number of rotatable bonds is 2. The summed E-state index contributed by atoms with van der Waals surface area (Å²) in [5, 5.41) is 9.05. The summed E-state index contributed by atoms with van der Waals surface area (Å²) in [6.07, 6.45) is 6.68. The zero-order chi connectivity index (χ0) is 16.0. The summed E-state index contributed by atoms with van der Waals surface area (Å²) in [6.45, 7) is 8.89. The molecule has 4 heteroatoms. The van der Waals surface area contributed by atoms with Crippen molar-refractivity contribution in [3.63, 3.8) is 0 Å². The number of hydrogen-bond donors (Lipinski definition) is 2.